The molecule has 0 aliphatic heterocycles. The Hall–Kier alpha value is -0.220. The number of carboxylic acids is 1. The Labute approximate surface area is 83.5 Å². The predicted octanol–water partition coefficient (Wildman–Crippen LogP) is 1.60. The Kier molecular flexibility index (Phi) is 7.09. The maximum atomic E-state index is 10.6. The molecule has 13 heavy (non-hydrogen) atoms. The molecule has 0 radical (unpaired) electrons. The Morgan fingerprint density at radius 1 is 1.46 bits per heavy atom. The molecule has 2 unspecified atom stereocenters. The van der Waals surface area contributed by atoms with Gasteiger partial charge in [0, 0.05) is 0 Å². The molecule has 4 heteroatoms. The second kappa shape index (κ2) is 7.21. The minimum absolute atomic E-state index is 0.493. The Bertz CT molecular complexity index is 150. The molecule has 2 N–H and O–H groups in total. The lowest BCUT2D eigenvalue weighted by Crippen LogP contribution is -2.28. The van der Waals surface area contributed by atoms with Crippen LogP contribution in [0.15, 0.2) is 0 Å². The minimum atomic E-state index is -0.892. The molecule has 0 aromatic rings. The van der Waals surface area contributed by atoms with Crippen LogP contribution >= 0.6 is 11.8 Å². The van der Waals surface area contributed by atoms with E-state index in [4.69, 9.17) is 5.11 Å². The SMILES string of the molecule is CCSCCC(O)C(CC)C(=O)O. The fourth-order valence-electron chi connectivity index (χ4n) is 1.16. The molecule has 0 heterocycles. The highest BCUT2D eigenvalue weighted by molar-refractivity contribution is 7.99. The van der Waals surface area contributed by atoms with E-state index in [1.807, 2.05) is 6.92 Å². The molecular formula is C9H18O3S. The number of aliphatic hydroxyl groups is 1. The second-order valence-corrected chi connectivity index (χ2v) is 4.30. The molecule has 0 bridgehead atoms. The molecule has 0 aliphatic rings. The lowest BCUT2D eigenvalue weighted by Gasteiger charge is -2.16. The quantitative estimate of drug-likeness (QED) is 0.621. The van der Waals surface area contributed by atoms with Crippen LogP contribution in [0.3, 0.4) is 0 Å². The fourth-order valence-corrected chi connectivity index (χ4v) is 1.86. The van der Waals surface area contributed by atoms with E-state index in [9.17, 15) is 9.90 Å². The van der Waals surface area contributed by atoms with Crippen molar-refractivity contribution in [2.24, 2.45) is 5.92 Å². The molecule has 0 fully saturated rings. The molecule has 0 saturated carbocycles. The number of aliphatic carboxylic acids is 1. The highest BCUT2D eigenvalue weighted by Gasteiger charge is 2.23. The van der Waals surface area contributed by atoms with E-state index in [0.717, 1.165) is 11.5 Å². The van der Waals surface area contributed by atoms with Crippen molar-refractivity contribution in [2.75, 3.05) is 11.5 Å². The van der Waals surface area contributed by atoms with Crippen molar-refractivity contribution < 1.29 is 15.0 Å². The van der Waals surface area contributed by atoms with Gasteiger partial charge in [-0.15, -0.1) is 0 Å². The maximum absolute atomic E-state index is 10.6. The van der Waals surface area contributed by atoms with Gasteiger partial charge in [0.05, 0.1) is 12.0 Å². The van der Waals surface area contributed by atoms with Crippen LogP contribution < -0.4 is 0 Å². The first-order valence-electron chi connectivity index (χ1n) is 4.62. The van der Waals surface area contributed by atoms with Crippen LogP contribution in [0.5, 0.6) is 0 Å². The van der Waals surface area contributed by atoms with Crippen molar-refractivity contribution in [3.63, 3.8) is 0 Å². The lowest BCUT2D eigenvalue weighted by atomic mass is 9.98. The first kappa shape index (κ1) is 12.8. The van der Waals surface area contributed by atoms with Crippen LogP contribution in [0, 0.1) is 5.92 Å². The van der Waals surface area contributed by atoms with Crippen molar-refractivity contribution in [1.82, 2.24) is 0 Å². The molecule has 0 saturated heterocycles. The van der Waals surface area contributed by atoms with Crippen LogP contribution in [0.25, 0.3) is 0 Å². The monoisotopic (exact) mass is 206 g/mol. The van der Waals surface area contributed by atoms with E-state index in [1.54, 1.807) is 18.7 Å². The third-order valence-electron chi connectivity index (χ3n) is 1.98. The van der Waals surface area contributed by atoms with E-state index in [0.29, 0.717) is 12.8 Å². The van der Waals surface area contributed by atoms with E-state index in [1.165, 1.54) is 0 Å². The standard InChI is InChI=1S/C9H18O3S/c1-3-7(9(11)12)8(10)5-6-13-4-2/h7-8,10H,3-6H2,1-2H3,(H,11,12). The second-order valence-electron chi connectivity index (χ2n) is 2.91. The van der Waals surface area contributed by atoms with E-state index >= 15 is 0 Å². The predicted molar refractivity (Wildman–Crippen MR) is 55.0 cm³/mol. The molecule has 0 aromatic carbocycles. The fraction of sp³-hybridized carbons (Fsp3) is 0.889. The first-order valence-corrected chi connectivity index (χ1v) is 5.77. The Balaban J connectivity index is 3.77. The van der Waals surface area contributed by atoms with Crippen LogP contribution in [-0.4, -0.2) is 33.8 Å². The normalized spacial score (nSPS) is 15.3. The number of rotatable bonds is 7. The highest BCUT2D eigenvalue weighted by atomic mass is 32.2. The Morgan fingerprint density at radius 3 is 2.46 bits per heavy atom. The van der Waals surface area contributed by atoms with Gasteiger partial charge in [0.2, 0.25) is 0 Å². The van der Waals surface area contributed by atoms with Gasteiger partial charge < -0.3 is 10.2 Å². The van der Waals surface area contributed by atoms with E-state index < -0.39 is 18.0 Å². The number of carbonyl (C=O) groups is 1. The summed E-state index contributed by atoms with van der Waals surface area (Å²) >= 11 is 1.72. The number of thioether (sulfide) groups is 1. The summed E-state index contributed by atoms with van der Waals surface area (Å²) in [4.78, 5) is 10.6. The summed E-state index contributed by atoms with van der Waals surface area (Å²) in [5.41, 5.74) is 0. The number of aliphatic hydroxyl groups excluding tert-OH is 1. The lowest BCUT2D eigenvalue weighted by molar-refractivity contribution is -0.145. The van der Waals surface area contributed by atoms with Crippen LogP contribution in [0.2, 0.25) is 0 Å². The van der Waals surface area contributed by atoms with Gasteiger partial charge in [0.25, 0.3) is 0 Å². The zero-order chi connectivity index (χ0) is 10.3. The average molecular weight is 206 g/mol. The molecule has 0 amide bonds. The molecule has 0 aliphatic carbocycles. The maximum Gasteiger partial charge on any atom is 0.309 e. The minimum Gasteiger partial charge on any atom is -0.481 e. The molecule has 0 spiro atoms. The van der Waals surface area contributed by atoms with Crippen molar-refractivity contribution in [1.29, 1.82) is 0 Å². The van der Waals surface area contributed by atoms with E-state index in [-0.39, 0.29) is 0 Å². The average Bonchev–Trinajstić information content (AvgIpc) is 2.05. The molecule has 0 rings (SSSR count). The van der Waals surface area contributed by atoms with Gasteiger partial charge in [-0.1, -0.05) is 13.8 Å². The third-order valence-corrected chi connectivity index (χ3v) is 2.92. The third kappa shape index (κ3) is 5.16. The number of hydrogen-bond acceptors (Lipinski definition) is 3. The smallest absolute Gasteiger partial charge is 0.309 e. The first-order chi connectivity index (χ1) is 6.13. The summed E-state index contributed by atoms with van der Waals surface area (Å²) in [7, 11) is 0. The summed E-state index contributed by atoms with van der Waals surface area (Å²) in [6.07, 6.45) is 0.373. The van der Waals surface area contributed by atoms with Crippen LogP contribution in [0.4, 0.5) is 0 Å². The molecule has 3 nitrogen and oxygen atoms in total. The topological polar surface area (TPSA) is 57.5 Å². The molecular weight excluding hydrogens is 188 g/mol. The Morgan fingerprint density at radius 2 is 2.08 bits per heavy atom. The van der Waals surface area contributed by atoms with Crippen molar-refractivity contribution >= 4 is 17.7 Å². The van der Waals surface area contributed by atoms with Gasteiger partial charge in [-0.05, 0) is 24.3 Å². The number of carboxylic acid groups (broad SMARTS) is 1. The highest BCUT2D eigenvalue weighted by Crippen LogP contribution is 2.14. The van der Waals surface area contributed by atoms with Gasteiger partial charge >= 0.3 is 5.97 Å². The van der Waals surface area contributed by atoms with Gasteiger partial charge in [-0.2, -0.15) is 11.8 Å². The van der Waals surface area contributed by atoms with Gasteiger partial charge in [-0.3, -0.25) is 4.79 Å². The van der Waals surface area contributed by atoms with E-state index in [2.05, 4.69) is 0 Å². The summed E-state index contributed by atoms with van der Waals surface area (Å²) in [6, 6.07) is 0. The van der Waals surface area contributed by atoms with Crippen LogP contribution in [-0.2, 0) is 4.79 Å². The largest absolute Gasteiger partial charge is 0.481 e. The number of hydrogen-bond donors (Lipinski definition) is 2. The van der Waals surface area contributed by atoms with Crippen molar-refractivity contribution in [3.8, 4) is 0 Å². The van der Waals surface area contributed by atoms with Crippen LogP contribution in [0.1, 0.15) is 26.7 Å². The van der Waals surface area contributed by atoms with Gasteiger partial charge in [-0.25, -0.2) is 0 Å². The zero-order valence-corrected chi connectivity index (χ0v) is 9.01. The summed E-state index contributed by atoms with van der Waals surface area (Å²) in [5.74, 6) is 0.354. The summed E-state index contributed by atoms with van der Waals surface area (Å²) in [5, 5.41) is 18.2. The summed E-state index contributed by atoms with van der Waals surface area (Å²) in [6.45, 7) is 3.83. The molecule has 78 valence electrons. The zero-order valence-electron chi connectivity index (χ0n) is 8.19. The van der Waals surface area contributed by atoms with Crippen molar-refractivity contribution in [2.45, 2.75) is 32.8 Å². The molecule has 0 aromatic heterocycles. The van der Waals surface area contributed by atoms with Gasteiger partial charge in [0.1, 0.15) is 0 Å². The van der Waals surface area contributed by atoms with Gasteiger partial charge in [0.15, 0.2) is 0 Å². The summed E-state index contributed by atoms with van der Waals surface area (Å²) < 4.78 is 0. The van der Waals surface area contributed by atoms with Crippen molar-refractivity contribution in [3.05, 3.63) is 0 Å². The molecule has 2 atom stereocenters.